The van der Waals surface area contributed by atoms with E-state index in [0.717, 1.165) is 10.1 Å². The lowest BCUT2D eigenvalue weighted by Gasteiger charge is -2.05. The highest BCUT2D eigenvalue weighted by Gasteiger charge is 2.36. The molecule has 2 heterocycles. The van der Waals surface area contributed by atoms with Crippen molar-refractivity contribution < 1.29 is 22.5 Å². The monoisotopic (exact) mass is 352 g/mol. The van der Waals surface area contributed by atoms with Crippen molar-refractivity contribution >= 4 is 16.9 Å². The summed E-state index contributed by atoms with van der Waals surface area (Å²) in [6, 6.07) is 7.36. The number of carbonyl (C=O) groups is 1. The Morgan fingerprint density at radius 1 is 1.32 bits per heavy atom. The Bertz CT molecular complexity index is 898. The maximum Gasteiger partial charge on any atom is 0.435 e. The molecule has 3 rings (SSSR count). The van der Waals surface area contributed by atoms with Crippen molar-refractivity contribution in [3.63, 3.8) is 0 Å². The number of nitrogens with zero attached hydrogens (tertiary/aromatic N) is 3. The zero-order chi connectivity index (χ0) is 18.0. The Labute approximate surface area is 140 Å². The molecule has 0 fully saturated rings. The predicted octanol–water partition coefficient (Wildman–Crippen LogP) is 2.71. The lowest BCUT2D eigenvalue weighted by Crippen LogP contribution is -2.29. The summed E-state index contributed by atoms with van der Waals surface area (Å²) in [5.74, 6) is -0.427. The van der Waals surface area contributed by atoms with Crippen LogP contribution in [-0.2, 0) is 23.9 Å². The second-order valence-corrected chi connectivity index (χ2v) is 5.58. The second-order valence-electron chi connectivity index (χ2n) is 5.58. The fourth-order valence-electron chi connectivity index (χ4n) is 2.52. The summed E-state index contributed by atoms with van der Waals surface area (Å²) >= 11 is 0. The SMILES string of the molecule is Cc1cn(CC(=O)NCCc2noc3ccccc23)nc1C(F)(F)F. The molecular formula is C16H15F3N4O2. The van der Waals surface area contributed by atoms with Crippen LogP contribution in [0.2, 0.25) is 0 Å². The van der Waals surface area contributed by atoms with Crippen molar-refractivity contribution in [2.45, 2.75) is 26.1 Å². The Balaban J connectivity index is 1.55. The van der Waals surface area contributed by atoms with Crippen LogP contribution in [0.15, 0.2) is 35.0 Å². The van der Waals surface area contributed by atoms with Crippen LogP contribution in [0.25, 0.3) is 11.0 Å². The van der Waals surface area contributed by atoms with Gasteiger partial charge in [0.15, 0.2) is 11.3 Å². The van der Waals surface area contributed by atoms with E-state index < -0.39 is 17.8 Å². The molecule has 25 heavy (non-hydrogen) atoms. The summed E-state index contributed by atoms with van der Waals surface area (Å²) in [6.45, 7) is 1.32. The molecule has 0 unspecified atom stereocenters. The predicted molar refractivity (Wildman–Crippen MR) is 82.7 cm³/mol. The third kappa shape index (κ3) is 3.81. The van der Waals surface area contributed by atoms with Gasteiger partial charge in [-0.3, -0.25) is 9.48 Å². The van der Waals surface area contributed by atoms with Crippen LogP contribution in [0, 0.1) is 6.92 Å². The van der Waals surface area contributed by atoms with Gasteiger partial charge in [0.1, 0.15) is 6.54 Å². The number of aromatic nitrogens is 3. The summed E-state index contributed by atoms with van der Waals surface area (Å²) in [4.78, 5) is 11.9. The van der Waals surface area contributed by atoms with E-state index in [0.29, 0.717) is 24.2 Å². The van der Waals surface area contributed by atoms with E-state index in [1.165, 1.54) is 13.1 Å². The average molecular weight is 352 g/mol. The lowest BCUT2D eigenvalue weighted by atomic mass is 10.2. The number of halogens is 3. The fraction of sp³-hybridized carbons (Fsp3) is 0.312. The molecule has 0 bridgehead atoms. The molecule has 0 spiro atoms. The van der Waals surface area contributed by atoms with Gasteiger partial charge in [0, 0.05) is 24.5 Å². The van der Waals surface area contributed by atoms with Gasteiger partial charge in [-0.2, -0.15) is 18.3 Å². The number of amides is 1. The normalized spacial score (nSPS) is 11.8. The molecule has 0 aliphatic rings. The number of fused-ring (bicyclic) bond motifs is 1. The highest BCUT2D eigenvalue weighted by atomic mass is 19.4. The van der Waals surface area contributed by atoms with Crippen LogP contribution in [-0.4, -0.2) is 27.4 Å². The van der Waals surface area contributed by atoms with Crippen LogP contribution in [0.3, 0.4) is 0 Å². The standard InChI is InChI=1S/C16H15F3N4O2/c1-10-8-23(21-15(10)16(17,18)19)9-14(24)20-7-6-12-11-4-2-3-5-13(11)25-22-12/h2-5,8H,6-7,9H2,1H3,(H,20,24). The minimum atomic E-state index is -4.53. The van der Waals surface area contributed by atoms with E-state index in [-0.39, 0.29) is 12.1 Å². The molecule has 6 nitrogen and oxygen atoms in total. The molecule has 0 atom stereocenters. The van der Waals surface area contributed by atoms with Crippen LogP contribution < -0.4 is 5.32 Å². The largest absolute Gasteiger partial charge is 0.435 e. The van der Waals surface area contributed by atoms with Crippen molar-refractivity contribution in [3.05, 3.63) is 47.4 Å². The van der Waals surface area contributed by atoms with Gasteiger partial charge in [-0.15, -0.1) is 0 Å². The van der Waals surface area contributed by atoms with Crippen LogP contribution in [0.5, 0.6) is 0 Å². The molecule has 1 amide bonds. The van der Waals surface area contributed by atoms with Gasteiger partial charge in [0.05, 0.1) is 5.69 Å². The number of para-hydroxylation sites is 1. The summed E-state index contributed by atoms with van der Waals surface area (Å²) in [5, 5.41) is 10.9. The number of hydrogen-bond acceptors (Lipinski definition) is 4. The molecular weight excluding hydrogens is 337 g/mol. The van der Waals surface area contributed by atoms with E-state index in [1.54, 1.807) is 6.07 Å². The molecule has 132 valence electrons. The van der Waals surface area contributed by atoms with Gasteiger partial charge >= 0.3 is 6.18 Å². The molecule has 2 aromatic heterocycles. The molecule has 9 heteroatoms. The van der Waals surface area contributed by atoms with Crippen molar-refractivity contribution in [2.24, 2.45) is 0 Å². The van der Waals surface area contributed by atoms with Crippen LogP contribution >= 0.6 is 0 Å². The van der Waals surface area contributed by atoms with Gasteiger partial charge in [-0.05, 0) is 24.6 Å². The molecule has 3 aromatic rings. The minimum Gasteiger partial charge on any atom is -0.356 e. The highest BCUT2D eigenvalue weighted by molar-refractivity contribution is 5.79. The van der Waals surface area contributed by atoms with Crippen LogP contribution in [0.1, 0.15) is 17.0 Å². The minimum absolute atomic E-state index is 0.0191. The summed E-state index contributed by atoms with van der Waals surface area (Å²) in [6.07, 6.45) is -2.87. The first-order valence-corrected chi connectivity index (χ1v) is 7.56. The lowest BCUT2D eigenvalue weighted by molar-refractivity contribution is -0.142. The Morgan fingerprint density at radius 2 is 2.08 bits per heavy atom. The first-order chi connectivity index (χ1) is 11.8. The summed E-state index contributed by atoms with van der Waals surface area (Å²) < 4.78 is 44.2. The van der Waals surface area contributed by atoms with Gasteiger partial charge in [0.2, 0.25) is 5.91 Å². The quantitative estimate of drug-likeness (QED) is 0.766. The van der Waals surface area contributed by atoms with E-state index in [2.05, 4.69) is 15.6 Å². The van der Waals surface area contributed by atoms with Crippen LogP contribution in [0.4, 0.5) is 13.2 Å². The highest BCUT2D eigenvalue weighted by Crippen LogP contribution is 2.30. The second kappa shape index (κ2) is 6.58. The zero-order valence-corrected chi connectivity index (χ0v) is 13.3. The number of rotatable bonds is 5. The van der Waals surface area contributed by atoms with E-state index in [1.807, 2.05) is 18.2 Å². The molecule has 0 saturated carbocycles. The smallest absolute Gasteiger partial charge is 0.356 e. The zero-order valence-electron chi connectivity index (χ0n) is 13.3. The van der Waals surface area contributed by atoms with Crippen molar-refractivity contribution in [3.8, 4) is 0 Å². The van der Waals surface area contributed by atoms with Gasteiger partial charge in [-0.25, -0.2) is 0 Å². The average Bonchev–Trinajstić information content (AvgIpc) is 3.11. The van der Waals surface area contributed by atoms with Crippen molar-refractivity contribution in [1.82, 2.24) is 20.3 Å². The number of nitrogens with one attached hydrogen (secondary N) is 1. The first-order valence-electron chi connectivity index (χ1n) is 7.56. The number of aryl methyl sites for hydroxylation is 1. The molecule has 0 radical (unpaired) electrons. The third-order valence-corrected chi connectivity index (χ3v) is 3.65. The first kappa shape index (κ1) is 17.0. The van der Waals surface area contributed by atoms with Crippen molar-refractivity contribution in [1.29, 1.82) is 0 Å². The molecule has 0 aliphatic heterocycles. The fourth-order valence-corrected chi connectivity index (χ4v) is 2.52. The Morgan fingerprint density at radius 3 is 2.80 bits per heavy atom. The Hall–Kier alpha value is -2.84. The third-order valence-electron chi connectivity index (χ3n) is 3.65. The molecule has 0 saturated heterocycles. The van der Waals surface area contributed by atoms with E-state index >= 15 is 0 Å². The van der Waals surface area contributed by atoms with Gasteiger partial charge in [0.25, 0.3) is 0 Å². The number of hydrogen-bond donors (Lipinski definition) is 1. The maximum absolute atomic E-state index is 12.7. The number of alkyl halides is 3. The number of carbonyl (C=O) groups excluding carboxylic acids is 1. The van der Waals surface area contributed by atoms with Gasteiger partial charge in [-0.1, -0.05) is 17.3 Å². The summed E-state index contributed by atoms with van der Waals surface area (Å²) in [7, 11) is 0. The van der Waals surface area contributed by atoms with Gasteiger partial charge < -0.3 is 9.84 Å². The molecule has 0 aliphatic carbocycles. The van der Waals surface area contributed by atoms with Crippen molar-refractivity contribution in [2.75, 3.05) is 6.54 Å². The molecule has 1 aromatic carbocycles. The van der Waals surface area contributed by atoms with E-state index in [4.69, 9.17) is 4.52 Å². The number of benzene rings is 1. The van der Waals surface area contributed by atoms with E-state index in [9.17, 15) is 18.0 Å². The molecule has 1 N–H and O–H groups in total. The maximum atomic E-state index is 12.7. The summed E-state index contributed by atoms with van der Waals surface area (Å²) in [5.41, 5.74) is 0.379. The topological polar surface area (TPSA) is 73.0 Å². The Kier molecular flexibility index (Phi) is 4.47.